The number of benzene rings is 1. The molecule has 2 aliphatic heterocycles. The minimum Gasteiger partial charge on any atom is -0.492 e. The van der Waals surface area contributed by atoms with Crippen molar-refractivity contribution in [3.63, 3.8) is 0 Å². The third-order valence-corrected chi connectivity index (χ3v) is 6.69. The quantitative estimate of drug-likeness (QED) is 0.529. The summed E-state index contributed by atoms with van der Waals surface area (Å²) < 4.78 is 12.2. The lowest BCUT2D eigenvalue weighted by molar-refractivity contribution is -0.136. The van der Waals surface area contributed by atoms with E-state index in [9.17, 15) is 9.59 Å². The third-order valence-electron chi connectivity index (χ3n) is 6.44. The Balaban J connectivity index is 1.20. The molecule has 1 atom stereocenters. The minimum atomic E-state index is -0.152. The van der Waals surface area contributed by atoms with Crippen molar-refractivity contribution in [2.75, 3.05) is 71.0 Å². The van der Waals surface area contributed by atoms with E-state index in [1.54, 1.807) is 19.4 Å². The average Bonchev–Trinajstić information content (AvgIpc) is 3.35. The zero-order valence-electron chi connectivity index (χ0n) is 19.6. The van der Waals surface area contributed by atoms with Gasteiger partial charge in [-0.1, -0.05) is 11.6 Å². The molecule has 9 nitrogen and oxygen atoms in total. The number of carbonyl (C=O) groups is 1. The van der Waals surface area contributed by atoms with Gasteiger partial charge in [-0.15, -0.1) is 0 Å². The normalized spacial score (nSPS) is 18.9. The maximum absolute atomic E-state index is 13.1. The lowest BCUT2D eigenvalue weighted by Crippen LogP contribution is -2.51. The van der Waals surface area contributed by atoms with Gasteiger partial charge in [-0.2, -0.15) is 5.10 Å². The van der Waals surface area contributed by atoms with Crippen LogP contribution < -0.4 is 15.2 Å². The molecular formula is C24H32ClN5O4. The zero-order chi connectivity index (χ0) is 23.9. The van der Waals surface area contributed by atoms with Gasteiger partial charge in [0.1, 0.15) is 12.4 Å². The minimum absolute atomic E-state index is 0.0456. The highest BCUT2D eigenvalue weighted by atomic mass is 35.5. The molecule has 0 bridgehead atoms. The van der Waals surface area contributed by atoms with Crippen LogP contribution in [0.4, 0.5) is 5.69 Å². The molecule has 0 spiro atoms. The number of ether oxygens (including phenoxy) is 2. The second-order valence-corrected chi connectivity index (χ2v) is 9.11. The van der Waals surface area contributed by atoms with Gasteiger partial charge in [0.05, 0.1) is 31.0 Å². The van der Waals surface area contributed by atoms with Crippen molar-refractivity contribution in [2.24, 2.45) is 5.92 Å². The summed E-state index contributed by atoms with van der Waals surface area (Å²) in [4.78, 5) is 31.8. The van der Waals surface area contributed by atoms with E-state index in [1.807, 2.05) is 29.2 Å². The average molecular weight is 490 g/mol. The molecule has 0 N–H and O–H groups in total. The van der Waals surface area contributed by atoms with E-state index in [-0.39, 0.29) is 17.4 Å². The van der Waals surface area contributed by atoms with Crippen LogP contribution in [-0.4, -0.2) is 91.6 Å². The molecule has 0 radical (unpaired) electrons. The molecule has 2 fully saturated rings. The number of nitrogens with zero attached hydrogens (tertiary/aromatic N) is 5. The van der Waals surface area contributed by atoms with E-state index in [1.165, 1.54) is 4.68 Å². The van der Waals surface area contributed by atoms with Gasteiger partial charge in [-0.25, -0.2) is 4.68 Å². The van der Waals surface area contributed by atoms with Crippen molar-refractivity contribution in [3.8, 4) is 5.75 Å². The van der Waals surface area contributed by atoms with E-state index in [0.717, 1.165) is 57.1 Å². The van der Waals surface area contributed by atoms with Crippen LogP contribution >= 0.6 is 11.6 Å². The summed E-state index contributed by atoms with van der Waals surface area (Å²) in [5, 5.41) is 4.94. The van der Waals surface area contributed by atoms with Crippen LogP contribution in [0.2, 0.25) is 5.02 Å². The van der Waals surface area contributed by atoms with Gasteiger partial charge in [0, 0.05) is 64.0 Å². The van der Waals surface area contributed by atoms with Crippen molar-refractivity contribution < 1.29 is 14.3 Å². The maximum atomic E-state index is 13.1. The van der Waals surface area contributed by atoms with Gasteiger partial charge >= 0.3 is 0 Å². The van der Waals surface area contributed by atoms with Crippen LogP contribution in [0.15, 0.2) is 41.3 Å². The molecule has 10 heteroatoms. The Bertz CT molecular complexity index is 1010. The van der Waals surface area contributed by atoms with Gasteiger partial charge in [-0.05, 0) is 30.7 Å². The Morgan fingerprint density at radius 2 is 1.85 bits per heavy atom. The van der Waals surface area contributed by atoms with E-state index < -0.39 is 0 Å². The molecule has 2 saturated heterocycles. The first-order valence-corrected chi connectivity index (χ1v) is 12.1. The molecule has 0 aliphatic carbocycles. The van der Waals surface area contributed by atoms with Crippen molar-refractivity contribution in [3.05, 3.63) is 51.9 Å². The largest absolute Gasteiger partial charge is 0.492 e. The third kappa shape index (κ3) is 6.28. The molecule has 2 aliphatic rings. The maximum Gasteiger partial charge on any atom is 0.268 e. The number of rotatable bonds is 9. The number of anilines is 1. The van der Waals surface area contributed by atoms with Crippen molar-refractivity contribution >= 4 is 23.2 Å². The summed E-state index contributed by atoms with van der Waals surface area (Å²) in [5.41, 5.74) is 0.625. The van der Waals surface area contributed by atoms with E-state index >= 15 is 0 Å². The molecular weight excluding hydrogens is 458 g/mol. The van der Waals surface area contributed by atoms with Crippen LogP contribution in [0.5, 0.6) is 5.75 Å². The van der Waals surface area contributed by atoms with Crippen molar-refractivity contribution in [1.82, 2.24) is 19.6 Å². The highest BCUT2D eigenvalue weighted by Crippen LogP contribution is 2.24. The highest BCUT2D eigenvalue weighted by Gasteiger charge is 2.33. The first kappa shape index (κ1) is 24.5. The Kier molecular flexibility index (Phi) is 8.42. The first-order chi connectivity index (χ1) is 16.5. The molecule has 1 aromatic heterocycles. The van der Waals surface area contributed by atoms with Gasteiger partial charge in [-0.3, -0.25) is 14.5 Å². The monoisotopic (exact) mass is 489 g/mol. The number of halogens is 1. The number of hydrogen-bond acceptors (Lipinski definition) is 7. The Labute approximate surface area is 204 Å². The second kappa shape index (κ2) is 11.7. The fraction of sp³-hybridized carbons (Fsp3) is 0.542. The van der Waals surface area contributed by atoms with Crippen LogP contribution in [0.3, 0.4) is 0 Å². The molecule has 2 aromatic rings. The standard InChI is InChI=1S/C24H32ClN5O4/c1-33-14-13-30-23(31)16-21(17-26-30)29-7-6-19(18-29)24(32)28-10-8-27(9-11-28)12-15-34-22-4-2-20(25)3-5-22/h2-5,16-17,19H,6-15,18H2,1H3. The van der Waals surface area contributed by atoms with Crippen LogP contribution in [0, 0.1) is 5.92 Å². The number of amides is 1. The van der Waals surface area contributed by atoms with E-state index in [2.05, 4.69) is 14.9 Å². The first-order valence-electron chi connectivity index (χ1n) is 11.7. The molecule has 184 valence electrons. The zero-order valence-corrected chi connectivity index (χ0v) is 20.3. The van der Waals surface area contributed by atoms with Gasteiger partial charge in [0.25, 0.3) is 5.56 Å². The molecule has 34 heavy (non-hydrogen) atoms. The Morgan fingerprint density at radius 1 is 1.09 bits per heavy atom. The van der Waals surface area contributed by atoms with Crippen LogP contribution in [-0.2, 0) is 16.1 Å². The second-order valence-electron chi connectivity index (χ2n) is 8.67. The van der Waals surface area contributed by atoms with Crippen LogP contribution in [0.1, 0.15) is 6.42 Å². The summed E-state index contributed by atoms with van der Waals surface area (Å²) in [6.45, 7) is 6.81. The molecule has 1 aromatic carbocycles. The molecule has 1 unspecified atom stereocenters. The number of aromatic nitrogens is 2. The topological polar surface area (TPSA) is 80.1 Å². The predicted octanol–water partition coefficient (Wildman–Crippen LogP) is 1.59. The van der Waals surface area contributed by atoms with E-state index in [0.29, 0.717) is 31.3 Å². The highest BCUT2D eigenvalue weighted by molar-refractivity contribution is 6.30. The molecule has 4 rings (SSSR count). The van der Waals surface area contributed by atoms with Gasteiger partial charge in [0.2, 0.25) is 5.91 Å². The summed E-state index contributed by atoms with van der Waals surface area (Å²) in [6.07, 6.45) is 2.50. The number of hydrogen-bond donors (Lipinski definition) is 0. The lowest BCUT2D eigenvalue weighted by atomic mass is 10.1. The van der Waals surface area contributed by atoms with Crippen molar-refractivity contribution in [2.45, 2.75) is 13.0 Å². The molecule has 3 heterocycles. The lowest BCUT2D eigenvalue weighted by Gasteiger charge is -2.35. The summed E-state index contributed by atoms with van der Waals surface area (Å²) in [6, 6.07) is 8.97. The van der Waals surface area contributed by atoms with E-state index in [4.69, 9.17) is 21.1 Å². The SMILES string of the molecule is COCCn1ncc(N2CCC(C(=O)N3CCN(CCOc4ccc(Cl)cc4)CC3)C2)cc1=O. The van der Waals surface area contributed by atoms with Gasteiger partial charge < -0.3 is 19.3 Å². The summed E-state index contributed by atoms with van der Waals surface area (Å²) in [7, 11) is 1.60. The van der Waals surface area contributed by atoms with Gasteiger partial charge in [0.15, 0.2) is 0 Å². The number of methoxy groups -OCH3 is 1. The number of piperazine rings is 1. The Hall–Kier alpha value is -2.62. The fourth-order valence-electron chi connectivity index (χ4n) is 4.41. The summed E-state index contributed by atoms with van der Waals surface area (Å²) in [5.74, 6) is 0.975. The molecule has 0 saturated carbocycles. The predicted molar refractivity (Wildman–Crippen MR) is 131 cm³/mol. The van der Waals surface area contributed by atoms with Crippen molar-refractivity contribution in [1.29, 1.82) is 0 Å². The number of carbonyl (C=O) groups excluding carboxylic acids is 1. The molecule has 1 amide bonds. The Morgan fingerprint density at radius 3 is 2.56 bits per heavy atom. The smallest absolute Gasteiger partial charge is 0.268 e. The fourth-order valence-corrected chi connectivity index (χ4v) is 4.54. The summed E-state index contributed by atoms with van der Waals surface area (Å²) >= 11 is 5.90. The van der Waals surface area contributed by atoms with Crippen LogP contribution in [0.25, 0.3) is 0 Å².